The van der Waals surface area contributed by atoms with Crippen molar-refractivity contribution in [2.45, 2.75) is 6.42 Å². The zero-order valence-corrected chi connectivity index (χ0v) is 15.9. The van der Waals surface area contributed by atoms with E-state index in [-0.39, 0.29) is 5.82 Å². The lowest BCUT2D eigenvalue weighted by molar-refractivity contribution is -0.146. The van der Waals surface area contributed by atoms with Crippen LogP contribution in [0.3, 0.4) is 0 Å². The molecule has 3 rings (SSSR count). The Bertz CT molecular complexity index is 801. The van der Waals surface area contributed by atoms with Crippen molar-refractivity contribution >= 4 is 17.5 Å². The Labute approximate surface area is 163 Å². The van der Waals surface area contributed by atoms with Crippen molar-refractivity contribution in [2.24, 2.45) is 0 Å². The number of hydrogen-bond acceptors (Lipinski definition) is 4. The van der Waals surface area contributed by atoms with Crippen LogP contribution >= 0.6 is 0 Å². The van der Waals surface area contributed by atoms with Crippen molar-refractivity contribution in [1.29, 1.82) is 0 Å². The lowest BCUT2D eigenvalue weighted by atomic mass is 10.1. The monoisotopic (exact) mass is 385 g/mol. The van der Waals surface area contributed by atoms with Crippen LogP contribution in [-0.2, 0) is 16.0 Å². The predicted molar refractivity (Wildman–Crippen MR) is 105 cm³/mol. The van der Waals surface area contributed by atoms with E-state index in [4.69, 9.17) is 4.74 Å². The Kier molecular flexibility index (Phi) is 6.47. The fraction of sp³-hybridized carbons (Fsp3) is 0.333. The fourth-order valence-corrected chi connectivity index (χ4v) is 3.15. The predicted octanol–water partition coefficient (Wildman–Crippen LogP) is 1.84. The van der Waals surface area contributed by atoms with Gasteiger partial charge in [0.05, 0.1) is 7.11 Å². The van der Waals surface area contributed by atoms with Gasteiger partial charge in [0, 0.05) is 38.4 Å². The topological polar surface area (TPSA) is 61.9 Å². The number of hydrogen-bond donors (Lipinski definition) is 1. The van der Waals surface area contributed by atoms with Gasteiger partial charge in [0.1, 0.15) is 11.6 Å². The molecule has 6 nitrogen and oxygen atoms in total. The van der Waals surface area contributed by atoms with Crippen LogP contribution < -0.4 is 15.0 Å². The molecule has 1 aliphatic rings. The Hall–Kier alpha value is -3.09. The lowest BCUT2D eigenvalue weighted by Gasteiger charge is -2.35. The quantitative estimate of drug-likeness (QED) is 0.798. The minimum atomic E-state index is -0.580. The molecule has 1 saturated heterocycles. The van der Waals surface area contributed by atoms with Gasteiger partial charge in [-0.05, 0) is 48.4 Å². The second-order valence-electron chi connectivity index (χ2n) is 6.61. The number of amides is 2. The van der Waals surface area contributed by atoms with Crippen LogP contribution in [0.15, 0.2) is 48.5 Å². The van der Waals surface area contributed by atoms with Gasteiger partial charge in [-0.1, -0.05) is 12.1 Å². The Morgan fingerprint density at radius 1 is 1.00 bits per heavy atom. The third-order valence-electron chi connectivity index (χ3n) is 4.81. The molecule has 0 radical (unpaired) electrons. The summed E-state index contributed by atoms with van der Waals surface area (Å²) in [5, 5.41) is 2.69. The molecule has 148 valence electrons. The minimum absolute atomic E-state index is 0.274. The first-order valence-corrected chi connectivity index (χ1v) is 9.27. The van der Waals surface area contributed by atoms with Crippen LogP contribution in [0.25, 0.3) is 0 Å². The minimum Gasteiger partial charge on any atom is -0.497 e. The largest absolute Gasteiger partial charge is 0.497 e. The summed E-state index contributed by atoms with van der Waals surface area (Å²) in [6.45, 7) is 2.53. The molecule has 0 aliphatic carbocycles. The Morgan fingerprint density at radius 3 is 2.25 bits per heavy atom. The number of piperazine rings is 1. The van der Waals surface area contributed by atoms with Crippen LogP contribution in [0.4, 0.5) is 10.1 Å². The average Bonchev–Trinajstić information content (AvgIpc) is 2.74. The van der Waals surface area contributed by atoms with Crippen LogP contribution in [-0.4, -0.2) is 56.5 Å². The van der Waals surface area contributed by atoms with E-state index >= 15 is 0 Å². The summed E-state index contributed by atoms with van der Waals surface area (Å²) in [6, 6.07) is 13.9. The van der Waals surface area contributed by atoms with Gasteiger partial charge in [0.25, 0.3) is 0 Å². The van der Waals surface area contributed by atoms with Crippen molar-refractivity contribution in [3.05, 3.63) is 59.9 Å². The van der Waals surface area contributed by atoms with Gasteiger partial charge < -0.3 is 19.9 Å². The molecule has 0 saturated carbocycles. The number of methoxy groups -OCH3 is 1. The number of nitrogens with one attached hydrogen (secondary N) is 1. The van der Waals surface area contributed by atoms with E-state index < -0.39 is 11.8 Å². The molecule has 1 N–H and O–H groups in total. The van der Waals surface area contributed by atoms with Crippen molar-refractivity contribution in [3.63, 3.8) is 0 Å². The van der Waals surface area contributed by atoms with Gasteiger partial charge in [-0.15, -0.1) is 0 Å². The number of anilines is 1. The third-order valence-corrected chi connectivity index (χ3v) is 4.81. The normalized spacial score (nSPS) is 13.9. The maximum absolute atomic E-state index is 13.0. The number of carbonyl (C=O) groups is 2. The Morgan fingerprint density at radius 2 is 1.64 bits per heavy atom. The SMILES string of the molecule is COc1ccc(CCNC(=O)C(=O)N2CCN(c3ccc(F)cc3)CC2)cc1. The highest BCUT2D eigenvalue weighted by molar-refractivity contribution is 6.35. The molecule has 2 amide bonds. The van der Waals surface area contributed by atoms with Crippen molar-refractivity contribution in [2.75, 3.05) is 44.7 Å². The molecule has 1 aliphatic heterocycles. The van der Waals surface area contributed by atoms with E-state index in [1.54, 1.807) is 24.1 Å². The highest BCUT2D eigenvalue weighted by Gasteiger charge is 2.25. The van der Waals surface area contributed by atoms with E-state index in [1.807, 2.05) is 24.3 Å². The first-order chi connectivity index (χ1) is 13.6. The summed E-state index contributed by atoms with van der Waals surface area (Å²) < 4.78 is 18.1. The van der Waals surface area contributed by atoms with Crippen LogP contribution in [0.2, 0.25) is 0 Å². The number of rotatable bonds is 5. The molecule has 0 bridgehead atoms. The molecule has 2 aromatic rings. The molecule has 2 aromatic carbocycles. The first kappa shape index (κ1) is 19.7. The fourth-order valence-electron chi connectivity index (χ4n) is 3.15. The molecule has 0 atom stereocenters. The van der Waals surface area contributed by atoms with Gasteiger partial charge in [-0.2, -0.15) is 0 Å². The van der Waals surface area contributed by atoms with Gasteiger partial charge in [0.15, 0.2) is 0 Å². The standard InChI is InChI=1S/C21H24FN3O3/c1-28-19-8-2-16(3-9-19)10-11-23-20(26)21(27)25-14-12-24(13-15-25)18-6-4-17(22)5-7-18/h2-9H,10-15H2,1H3,(H,23,26). The van der Waals surface area contributed by atoms with Crippen molar-refractivity contribution in [1.82, 2.24) is 10.2 Å². The van der Waals surface area contributed by atoms with E-state index in [2.05, 4.69) is 10.2 Å². The van der Waals surface area contributed by atoms with Crippen LogP contribution in [0, 0.1) is 5.82 Å². The second kappa shape index (κ2) is 9.21. The maximum Gasteiger partial charge on any atom is 0.312 e. The van der Waals surface area contributed by atoms with Gasteiger partial charge in [-0.25, -0.2) is 4.39 Å². The molecule has 28 heavy (non-hydrogen) atoms. The molecular formula is C21H24FN3O3. The molecular weight excluding hydrogens is 361 g/mol. The highest BCUT2D eigenvalue weighted by atomic mass is 19.1. The summed E-state index contributed by atoms with van der Waals surface area (Å²) >= 11 is 0. The van der Waals surface area contributed by atoms with E-state index in [0.717, 1.165) is 17.0 Å². The maximum atomic E-state index is 13.0. The third kappa shape index (κ3) is 5.00. The zero-order chi connectivity index (χ0) is 19.9. The molecule has 1 heterocycles. The average molecular weight is 385 g/mol. The second-order valence-corrected chi connectivity index (χ2v) is 6.61. The number of benzene rings is 2. The molecule has 1 fully saturated rings. The highest BCUT2D eigenvalue weighted by Crippen LogP contribution is 2.17. The van der Waals surface area contributed by atoms with Gasteiger partial charge in [-0.3, -0.25) is 9.59 Å². The molecule has 0 aromatic heterocycles. The van der Waals surface area contributed by atoms with Gasteiger partial charge >= 0.3 is 11.8 Å². The Balaban J connectivity index is 1.42. The van der Waals surface area contributed by atoms with Crippen LogP contribution in [0.5, 0.6) is 5.75 Å². The zero-order valence-electron chi connectivity index (χ0n) is 15.9. The number of halogens is 1. The van der Waals surface area contributed by atoms with Crippen LogP contribution in [0.1, 0.15) is 5.56 Å². The summed E-state index contributed by atoms with van der Waals surface area (Å²) in [7, 11) is 1.61. The van der Waals surface area contributed by atoms with E-state index in [1.165, 1.54) is 12.1 Å². The van der Waals surface area contributed by atoms with E-state index in [0.29, 0.717) is 39.1 Å². The summed E-state index contributed by atoms with van der Waals surface area (Å²) in [6.07, 6.45) is 0.640. The summed E-state index contributed by atoms with van der Waals surface area (Å²) in [4.78, 5) is 28.1. The lowest BCUT2D eigenvalue weighted by Crippen LogP contribution is -2.52. The van der Waals surface area contributed by atoms with Crippen molar-refractivity contribution in [3.8, 4) is 5.75 Å². The van der Waals surface area contributed by atoms with Gasteiger partial charge in [0.2, 0.25) is 0 Å². The van der Waals surface area contributed by atoms with E-state index in [9.17, 15) is 14.0 Å². The number of ether oxygens (including phenoxy) is 1. The summed E-state index contributed by atoms with van der Waals surface area (Å²) in [5.74, 6) is -0.580. The first-order valence-electron chi connectivity index (χ1n) is 9.27. The number of carbonyl (C=O) groups excluding carboxylic acids is 2. The molecule has 7 heteroatoms. The summed E-state index contributed by atoms with van der Waals surface area (Å²) in [5.41, 5.74) is 1.97. The molecule has 0 unspecified atom stereocenters. The number of nitrogens with zero attached hydrogens (tertiary/aromatic N) is 2. The smallest absolute Gasteiger partial charge is 0.312 e. The molecule has 0 spiro atoms. The van der Waals surface area contributed by atoms with Crippen molar-refractivity contribution < 1.29 is 18.7 Å².